The second-order valence-electron chi connectivity index (χ2n) is 2.83. The molecule has 0 unspecified atom stereocenters. The van der Waals surface area contributed by atoms with E-state index in [-0.39, 0.29) is 26.2 Å². The quantitative estimate of drug-likeness (QED) is 0.858. The van der Waals surface area contributed by atoms with E-state index in [1.807, 2.05) is 30.3 Å². The molecule has 0 saturated carbocycles. The number of benzene rings is 2. The molecule has 0 aliphatic heterocycles. The Kier molecular flexibility index (Phi) is 3.59. The molecular formula is C11H8O2Zr. The van der Waals surface area contributed by atoms with E-state index >= 15 is 0 Å². The Balaban J connectivity index is 0.000000980. The van der Waals surface area contributed by atoms with E-state index in [0.717, 1.165) is 10.8 Å². The van der Waals surface area contributed by atoms with Crippen LogP contribution in [-0.2, 0) is 26.2 Å². The minimum atomic E-state index is -0.878. The zero-order valence-electron chi connectivity index (χ0n) is 7.40. The van der Waals surface area contributed by atoms with Crippen LogP contribution < -0.4 is 0 Å². The number of carboxylic acid groups (broad SMARTS) is 1. The van der Waals surface area contributed by atoms with Crippen molar-refractivity contribution >= 4 is 16.7 Å². The molecule has 0 amide bonds. The molecule has 0 aromatic heterocycles. The van der Waals surface area contributed by atoms with Crippen LogP contribution in [0.25, 0.3) is 10.8 Å². The minimum absolute atomic E-state index is 0. The molecule has 0 fully saturated rings. The predicted octanol–water partition coefficient (Wildman–Crippen LogP) is 2.54. The van der Waals surface area contributed by atoms with Gasteiger partial charge in [0.2, 0.25) is 0 Å². The molecular weight excluding hydrogens is 255 g/mol. The summed E-state index contributed by atoms with van der Waals surface area (Å²) < 4.78 is 0. The summed E-state index contributed by atoms with van der Waals surface area (Å²) in [6.45, 7) is 0. The van der Waals surface area contributed by atoms with Gasteiger partial charge in [0, 0.05) is 26.2 Å². The average Bonchev–Trinajstić information content (AvgIpc) is 2.17. The predicted molar refractivity (Wildman–Crippen MR) is 50.9 cm³/mol. The summed E-state index contributed by atoms with van der Waals surface area (Å²) in [6.07, 6.45) is 0. The molecule has 0 bridgehead atoms. The van der Waals surface area contributed by atoms with Crippen molar-refractivity contribution in [1.29, 1.82) is 0 Å². The Morgan fingerprint density at radius 1 is 1.00 bits per heavy atom. The summed E-state index contributed by atoms with van der Waals surface area (Å²) in [4.78, 5) is 10.8. The van der Waals surface area contributed by atoms with E-state index < -0.39 is 5.97 Å². The van der Waals surface area contributed by atoms with E-state index in [1.54, 1.807) is 12.1 Å². The topological polar surface area (TPSA) is 37.3 Å². The van der Waals surface area contributed by atoms with Gasteiger partial charge in [-0.15, -0.1) is 0 Å². The van der Waals surface area contributed by atoms with Crippen LogP contribution in [-0.4, -0.2) is 11.1 Å². The standard InChI is InChI=1S/C11H8O2.Zr/c12-11(13)10-7-3-5-8-4-1-2-6-9(8)10;/h1-7H,(H,12,13);. The van der Waals surface area contributed by atoms with Gasteiger partial charge in [0.05, 0.1) is 5.56 Å². The smallest absolute Gasteiger partial charge is 0.336 e. The monoisotopic (exact) mass is 262 g/mol. The van der Waals surface area contributed by atoms with Gasteiger partial charge in [-0.05, 0) is 16.8 Å². The summed E-state index contributed by atoms with van der Waals surface area (Å²) in [6, 6.07) is 12.7. The summed E-state index contributed by atoms with van der Waals surface area (Å²) in [5.41, 5.74) is 0.359. The number of carboxylic acids is 1. The third-order valence-corrected chi connectivity index (χ3v) is 2.02. The number of carbonyl (C=O) groups is 1. The van der Waals surface area contributed by atoms with Crippen molar-refractivity contribution in [3.05, 3.63) is 48.0 Å². The van der Waals surface area contributed by atoms with Gasteiger partial charge in [-0.2, -0.15) is 0 Å². The van der Waals surface area contributed by atoms with Crippen molar-refractivity contribution in [3.8, 4) is 0 Å². The van der Waals surface area contributed by atoms with E-state index in [1.165, 1.54) is 0 Å². The summed E-state index contributed by atoms with van der Waals surface area (Å²) in [7, 11) is 0. The van der Waals surface area contributed by atoms with E-state index in [0.29, 0.717) is 5.56 Å². The minimum Gasteiger partial charge on any atom is -0.478 e. The van der Waals surface area contributed by atoms with Crippen LogP contribution in [0.2, 0.25) is 0 Å². The van der Waals surface area contributed by atoms with Crippen molar-refractivity contribution in [2.24, 2.45) is 0 Å². The van der Waals surface area contributed by atoms with Crippen LogP contribution in [0.5, 0.6) is 0 Å². The maximum Gasteiger partial charge on any atom is 0.336 e. The van der Waals surface area contributed by atoms with Crippen molar-refractivity contribution in [2.75, 3.05) is 0 Å². The molecule has 1 N–H and O–H groups in total. The van der Waals surface area contributed by atoms with E-state index in [9.17, 15) is 4.79 Å². The first-order valence-electron chi connectivity index (χ1n) is 4.00. The van der Waals surface area contributed by atoms with Gasteiger partial charge < -0.3 is 5.11 Å². The maximum absolute atomic E-state index is 10.8. The largest absolute Gasteiger partial charge is 0.478 e. The molecule has 0 radical (unpaired) electrons. The normalized spacial score (nSPS) is 9.43. The number of aromatic carboxylic acids is 1. The van der Waals surface area contributed by atoms with Crippen LogP contribution >= 0.6 is 0 Å². The third kappa shape index (κ3) is 1.93. The summed E-state index contributed by atoms with van der Waals surface area (Å²) >= 11 is 0. The van der Waals surface area contributed by atoms with E-state index in [4.69, 9.17) is 5.11 Å². The molecule has 14 heavy (non-hydrogen) atoms. The molecule has 3 heteroatoms. The molecule has 0 aliphatic carbocycles. The Labute approximate surface area is 101 Å². The van der Waals surface area contributed by atoms with Gasteiger partial charge in [0.25, 0.3) is 0 Å². The zero-order chi connectivity index (χ0) is 9.26. The van der Waals surface area contributed by atoms with Gasteiger partial charge in [-0.25, -0.2) is 4.79 Å². The summed E-state index contributed by atoms with van der Waals surface area (Å²) in [5.74, 6) is -0.878. The van der Waals surface area contributed by atoms with Crippen LogP contribution in [0, 0.1) is 0 Å². The number of hydrogen-bond acceptors (Lipinski definition) is 1. The first-order valence-corrected chi connectivity index (χ1v) is 4.00. The Hall–Kier alpha value is -0.947. The molecule has 68 valence electrons. The van der Waals surface area contributed by atoms with E-state index in [2.05, 4.69) is 0 Å². The number of fused-ring (bicyclic) bond motifs is 1. The third-order valence-electron chi connectivity index (χ3n) is 2.02. The molecule has 0 atom stereocenters. The van der Waals surface area contributed by atoms with Gasteiger partial charge in [0.15, 0.2) is 0 Å². The van der Waals surface area contributed by atoms with Crippen LogP contribution in [0.1, 0.15) is 10.4 Å². The second-order valence-corrected chi connectivity index (χ2v) is 2.83. The Morgan fingerprint density at radius 2 is 1.64 bits per heavy atom. The van der Waals surface area contributed by atoms with Crippen LogP contribution in [0.15, 0.2) is 42.5 Å². The molecule has 0 aliphatic rings. The van der Waals surface area contributed by atoms with Crippen LogP contribution in [0.3, 0.4) is 0 Å². The maximum atomic E-state index is 10.8. The van der Waals surface area contributed by atoms with Gasteiger partial charge in [0.1, 0.15) is 0 Å². The second kappa shape index (κ2) is 4.52. The fourth-order valence-electron chi connectivity index (χ4n) is 1.41. The fourth-order valence-corrected chi connectivity index (χ4v) is 1.41. The van der Waals surface area contributed by atoms with Crippen molar-refractivity contribution in [1.82, 2.24) is 0 Å². The summed E-state index contributed by atoms with van der Waals surface area (Å²) in [5, 5.41) is 10.6. The van der Waals surface area contributed by atoms with Gasteiger partial charge in [-0.3, -0.25) is 0 Å². The van der Waals surface area contributed by atoms with Crippen molar-refractivity contribution in [3.63, 3.8) is 0 Å². The zero-order valence-corrected chi connectivity index (χ0v) is 9.85. The first-order chi connectivity index (χ1) is 6.29. The van der Waals surface area contributed by atoms with Crippen molar-refractivity contribution in [2.45, 2.75) is 0 Å². The average molecular weight is 263 g/mol. The Morgan fingerprint density at radius 3 is 2.36 bits per heavy atom. The molecule has 2 nitrogen and oxygen atoms in total. The van der Waals surface area contributed by atoms with Gasteiger partial charge in [-0.1, -0.05) is 36.4 Å². The molecule has 2 aromatic rings. The molecule has 0 heterocycles. The fraction of sp³-hybridized carbons (Fsp3) is 0. The molecule has 2 rings (SSSR count). The van der Waals surface area contributed by atoms with Crippen molar-refractivity contribution < 1.29 is 36.1 Å². The first kappa shape index (κ1) is 11.1. The van der Waals surface area contributed by atoms with Crippen LogP contribution in [0.4, 0.5) is 0 Å². The molecule has 0 saturated heterocycles. The number of rotatable bonds is 1. The molecule has 2 aromatic carbocycles. The number of hydrogen-bond donors (Lipinski definition) is 1. The molecule has 0 spiro atoms. The SMILES string of the molecule is O=C(O)c1cccc2ccccc12.[Zr]. The Bertz CT molecular complexity index is 460. The van der Waals surface area contributed by atoms with Gasteiger partial charge >= 0.3 is 5.97 Å².